The Bertz CT molecular complexity index is 399. The molecule has 4 heteroatoms. The minimum atomic E-state index is 0.408. The molecule has 3 rings (SSSR count). The number of hydrogen-bond acceptors (Lipinski definition) is 4. The second kappa shape index (κ2) is 4.11. The molecule has 1 fully saturated rings. The summed E-state index contributed by atoms with van der Waals surface area (Å²) in [7, 11) is 0. The number of aryl methyl sites for hydroxylation is 1. The molecule has 0 aromatic carbocycles. The van der Waals surface area contributed by atoms with Crippen molar-refractivity contribution >= 4 is 0 Å². The van der Waals surface area contributed by atoms with Crippen molar-refractivity contribution in [2.75, 3.05) is 19.8 Å². The molecule has 4 nitrogen and oxygen atoms in total. The van der Waals surface area contributed by atoms with Crippen LogP contribution in [-0.4, -0.2) is 29.7 Å². The van der Waals surface area contributed by atoms with Gasteiger partial charge in [0.2, 0.25) is 0 Å². The van der Waals surface area contributed by atoms with Crippen LogP contribution in [-0.2, 0) is 17.7 Å². The fraction of sp³-hybridized carbons (Fsp3) is 0.667. The Hall–Kier alpha value is -1.00. The fourth-order valence-corrected chi connectivity index (χ4v) is 2.49. The highest BCUT2D eigenvalue weighted by atomic mass is 16.5. The maximum atomic E-state index is 5.40. The Kier molecular flexibility index (Phi) is 2.61. The van der Waals surface area contributed by atoms with Crippen molar-refractivity contribution in [1.82, 2.24) is 15.3 Å². The Labute approximate surface area is 95.4 Å². The molecule has 3 heterocycles. The van der Waals surface area contributed by atoms with Crippen LogP contribution in [0.15, 0.2) is 0 Å². The smallest absolute Gasteiger partial charge is 0.134 e. The van der Waals surface area contributed by atoms with Gasteiger partial charge in [0.05, 0.1) is 12.3 Å². The van der Waals surface area contributed by atoms with E-state index in [1.165, 1.54) is 11.3 Å². The third-order valence-corrected chi connectivity index (χ3v) is 3.46. The fourth-order valence-electron chi connectivity index (χ4n) is 2.49. The molecular weight excluding hydrogens is 202 g/mol. The van der Waals surface area contributed by atoms with E-state index in [-0.39, 0.29) is 0 Å². The molecule has 0 aliphatic carbocycles. The number of fused-ring (bicyclic) bond motifs is 1. The highest BCUT2D eigenvalue weighted by Gasteiger charge is 2.23. The summed E-state index contributed by atoms with van der Waals surface area (Å²) < 4.78 is 5.40. The summed E-state index contributed by atoms with van der Waals surface area (Å²) in [5, 5.41) is 3.36. The van der Waals surface area contributed by atoms with E-state index in [2.05, 4.69) is 17.2 Å². The molecule has 0 amide bonds. The van der Waals surface area contributed by atoms with Crippen LogP contribution in [0.2, 0.25) is 0 Å². The molecular formula is C12H17N3O. The molecule has 16 heavy (non-hydrogen) atoms. The van der Waals surface area contributed by atoms with Crippen LogP contribution in [0.5, 0.6) is 0 Å². The SMILES string of the molecule is Cc1nc(C2CCOC2)nc2c1CCNC2. The Balaban J connectivity index is 1.97. The van der Waals surface area contributed by atoms with Gasteiger partial charge in [0, 0.05) is 24.8 Å². The number of nitrogens with zero attached hydrogens (tertiary/aromatic N) is 2. The third-order valence-electron chi connectivity index (χ3n) is 3.46. The molecule has 1 aromatic rings. The van der Waals surface area contributed by atoms with Gasteiger partial charge in [-0.15, -0.1) is 0 Å². The zero-order valence-corrected chi connectivity index (χ0v) is 9.62. The Morgan fingerprint density at radius 2 is 2.31 bits per heavy atom. The van der Waals surface area contributed by atoms with E-state index in [9.17, 15) is 0 Å². The van der Waals surface area contributed by atoms with Crippen LogP contribution in [0.4, 0.5) is 0 Å². The largest absolute Gasteiger partial charge is 0.381 e. The first-order valence-corrected chi connectivity index (χ1v) is 5.99. The topological polar surface area (TPSA) is 47.0 Å². The van der Waals surface area contributed by atoms with E-state index in [1.807, 2.05) is 0 Å². The first kappa shape index (κ1) is 10.2. The molecule has 0 radical (unpaired) electrons. The van der Waals surface area contributed by atoms with E-state index in [4.69, 9.17) is 9.72 Å². The highest BCUT2D eigenvalue weighted by molar-refractivity contribution is 5.28. The minimum absolute atomic E-state index is 0.408. The van der Waals surface area contributed by atoms with Crippen molar-refractivity contribution in [3.8, 4) is 0 Å². The molecule has 0 spiro atoms. The van der Waals surface area contributed by atoms with Gasteiger partial charge in [0.1, 0.15) is 5.82 Å². The van der Waals surface area contributed by atoms with Gasteiger partial charge >= 0.3 is 0 Å². The average molecular weight is 219 g/mol. The standard InChI is InChI=1S/C12H17N3O/c1-8-10-2-4-13-6-11(10)15-12(14-8)9-3-5-16-7-9/h9,13H,2-7H2,1H3. The molecule has 86 valence electrons. The molecule has 0 saturated carbocycles. The zero-order chi connectivity index (χ0) is 11.0. The summed E-state index contributed by atoms with van der Waals surface area (Å²) in [4.78, 5) is 9.35. The van der Waals surface area contributed by atoms with Crippen LogP contribution >= 0.6 is 0 Å². The van der Waals surface area contributed by atoms with Gasteiger partial charge in [0.25, 0.3) is 0 Å². The van der Waals surface area contributed by atoms with Crippen molar-refractivity contribution in [2.45, 2.75) is 32.2 Å². The first-order valence-electron chi connectivity index (χ1n) is 5.99. The van der Waals surface area contributed by atoms with Gasteiger partial charge < -0.3 is 10.1 Å². The van der Waals surface area contributed by atoms with Gasteiger partial charge in [-0.1, -0.05) is 0 Å². The summed E-state index contributed by atoms with van der Waals surface area (Å²) in [6.45, 7) is 5.67. The number of ether oxygens (including phenoxy) is 1. The lowest BCUT2D eigenvalue weighted by molar-refractivity contribution is 0.193. The van der Waals surface area contributed by atoms with Crippen molar-refractivity contribution in [1.29, 1.82) is 0 Å². The van der Waals surface area contributed by atoms with Crippen LogP contribution in [0.25, 0.3) is 0 Å². The number of hydrogen-bond donors (Lipinski definition) is 1. The lowest BCUT2D eigenvalue weighted by Crippen LogP contribution is -2.27. The van der Waals surface area contributed by atoms with Crippen LogP contribution in [0.3, 0.4) is 0 Å². The monoisotopic (exact) mass is 219 g/mol. The first-order chi connectivity index (χ1) is 7.84. The van der Waals surface area contributed by atoms with Gasteiger partial charge in [-0.25, -0.2) is 9.97 Å². The van der Waals surface area contributed by atoms with Crippen LogP contribution in [0.1, 0.15) is 35.1 Å². The van der Waals surface area contributed by atoms with E-state index in [0.717, 1.165) is 50.7 Å². The van der Waals surface area contributed by atoms with Gasteiger partial charge in [-0.05, 0) is 31.9 Å². The average Bonchev–Trinajstić information content (AvgIpc) is 2.82. The molecule has 2 aliphatic heterocycles. The third kappa shape index (κ3) is 1.72. The van der Waals surface area contributed by atoms with E-state index >= 15 is 0 Å². The molecule has 2 aliphatic rings. The predicted octanol–water partition coefficient (Wildman–Crippen LogP) is 0.935. The van der Waals surface area contributed by atoms with E-state index < -0.39 is 0 Å². The van der Waals surface area contributed by atoms with Gasteiger partial charge in [0.15, 0.2) is 0 Å². The quantitative estimate of drug-likeness (QED) is 0.763. The summed E-state index contributed by atoms with van der Waals surface area (Å²) in [5.74, 6) is 1.39. The summed E-state index contributed by atoms with van der Waals surface area (Å²) in [6, 6.07) is 0. The zero-order valence-electron chi connectivity index (χ0n) is 9.62. The number of nitrogens with one attached hydrogen (secondary N) is 1. The molecule has 1 atom stereocenters. The lowest BCUT2D eigenvalue weighted by atomic mass is 10.0. The van der Waals surface area contributed by atoms with Gasteiger partial charge in [-0.3, -0.25) is 0 Å². The van der Waals surface area contributed by atoms with Crippen molar-refractivity contribution in [3.05, 3.63) is 22.8 Å². The van der Waals surface area contributed by atoms with Crippen LogP contribution in [0, 0.1) is 6.92 Å². The Morgan fingerprint density at radius 3 is 3.12 bits per heavy atom. The predicted molar refractivity (Wildman–Crippen MR) is 60.4 cm³/mol. The van der Waals surface area contributed by atoms with E-state index in [0.29, 0.717) is 5.92 Å². The summed E-state index contributed by atoms with van der Waals surface area (Å²) >= 11 is 0. The van der Waals surface area contributed by atoms with Gasteiger partial charge in [-0.2, -0.15) is 0 Å². The van der Waals surface area contributed by atoms with Crippen LogP contribution < -0.4 is 5.32 Å². The van der Waals surface area contributed by atoms with Crippen molar-refractivity contribution < 1.29 is 4.74 Å². The molecule has 1 saturated heterocycles. The second-order valence-corrected chi connectivity index (χ2v) is 4.58. The summed E-state index contributed by atoms with van der Waals surface area (Å²) in [5.41, 5.74) is 3.70. The number of aromatic nitrogens is 2. The second-order valence-electron chi connectivity index (χ2n) is 4.58. The maximum absolute atomic E-state index is 5.40. The van der Waals surface area contributed by atoms with E-state index in [1.54, 1.807) is 0 Å². The molecule has 1 N–H and O–H groups in total. The molecule has 0 bridgehead atoms. The van der Waals surface area contributed by atoms with Crippen molar-refractivity contribution in [2.24, 2.45) is 0 Å². The molecule has 1 aromatic heterocycles. The normalized spacial score (nSPS) is 24.4. The highest BCUT2D eigenvalue weighted by Crippen LogP contribution is 2.24. The number of rotatable bonds is 1. The lowest BCUT2D eigenvalue weighted by Gasteiger charge is -2.19. The minimum Gasteiger partial charge on any atom is -0.381 e. The Morgan fingerprint density at radius 1 is 1.38 bits per heavy atom. The maximum Gasteiger partial charge on any atom is 0.134 e. The molecule has 1 unspecified atom stereocenters. The van der Waals surface area contributed by atoms with Crippen molar-refractivity contribution in [3.63, 3.8) is 0 Å². The summed E-state index contributed by atoms with van der Waals surface area (Å²) in [6.07, 6.45) is 2.12.